The summed E-state index contributed by atoms with van der Waals surface area (Å²) in [4.78, 5) is 3.01. The van der Waals surface area contributed by atoms with Crippen LogP contribution in [0.2, 0.25) is 5.02 Å². The number of H-pyrrole nitrogens is 1. The van der Waals surface area contributed by atoms with Crippen molar-refractivity contribution in [3.63, 3.8) is 0 Å². The number of halogens is 2. The van der Waals surface area contributed by atoms with Gasteiger partial charge in [0, 0.05) is 11.1 Å². The molecule has 0 spiro atoms. The molecule has 0 fully saturated rings. The van der Waals surface area contributed by atoms with Crippen molar-refractivity contribution in [3.8, 4) is 0 Å². The van der Waals surface area contributed by atoms with Gasteiger partial charge in [-0.3, -0.25) is 0 Å². The van der Waals surface area contributed by atoms with Gasteiger partial charge in [-0.1, -0.05) is 17.7 Å². The molecule has 0 radical (unpaired) electrons. The van der Waals surface area contributed by atoms with Crippen molar-refractivity contribution in [2.45, 2.75) is 13.3 Å². The first kappa shape index (κ1) is 10.5. The Labute approximate surface area is 92.2 Å². The fraction of sp³-hybridized carbons (Fsp3) is 0.273. The Hall–Kier alpha value is -1.06. The summed E-state index contributed by atoms with van der Waals surface area (Å²) in [5.74, 6) is -0.388. The van der Waals surface area contributed by atoms with Crippen molar-refractivity contribution in [3.05, 3.63) is 34.2 Å². The van der Waals surface area contributed by atoms with Gasteiger partial charge in [0.1, 0.15) is 0 Å². The molecule has 0 saturated carbocycles. The average molecular weight is 227 g/mol. The molecule has 0 bridgehead atoms. The van der Waals surface area contributed by atoms with Crippen molar-refractivity contribution in [1.82, 2.24) is 4.98 Å². The van der Waals surface area contributed by atoms with Gasteiger partial charge < -0.3 is 10.7 Å². The summed E-state index contributed by atoms with van der Waals surface area (Å²) in [6.45, 7) is 2.47. The molecule has 1 heterocycles. The Morgan fingerprint density at radius 3 is 2.87 bits per heavy atom. The molecule has 0 atom stereocenters. The lowest BCUT2D eigenvalue weighted by Gasteiger charge is -1.99. The molecule has 0 unspecified atom stereocenters. The fourth-order valence-electron chi connectivity index (χ4n) is 1.86. The first-order valence-corrected chi connectivity index (χ1v) is 5.18. The van der Waals surface area contributed by atoms with Crippen LogP contribution in [0.15, 0.2) is 12.1 Å². The van der Waals surface area contributed by atoms with Gasteiger partial charge >= 0.3 is 0 Å². The number of nitrogens with one attached hydrogen (secondary N) is 1. The summed E-state index contributed by atoms with van der Waals surface area (Å²) in [5.41, 5.74) is 8.02. The Bertz CT molecular complexity index is 505. The molecular weight excluding hydrogens is 215 g/mol. The predicted molar refractivity (Wildman–Crippen MR) is 60.8 cm³/mol. The summed E-state index contributed by atoms with van der Waals surface area (Å²) in [5, 5.41) is 1.02. The topological polar surface area (TPSA) is 41.8 Å². The Morgan fingerprint density at radius 1 is 1.47 bits per heavy atom. The number of aromatic nitrogens is 1. The zero-order valence-corrected chi connectivity index (χ0v) is 9.16. The molecule has 0 aliphatic carbocycles. The number of hydrogen-bond donors (Lipinski definition) is 2. The highest BCUT2D eigenvalue weighted by Gasteiger charge is 2.12. The summed E-state index contributed by atoms with van der Waals surface area (Å²) in [6.07, 6.45) is 0.743. The minimum Gasteiger partial charge on any atom is -0.356 e. The number of nitrogens with two attached hydrogens (primary N) is 1. The first-order valence-electron chi connectivity index (χ1n) is 4.80. The summed E-state index contributed by atoms with van der Waals surface area (Å²) in [6, 6.07) is 3.40. The molecule has 80 valence electrons. The summed E-state index contributed by atoms with van der Waals surface area (Å²) >= 11 is 5.71. The first-order chi connectivity index (χ1) is 7.15. The number of aromatic amines is 1. The zero-order chi connectivity index (χ0) is 11.0. The van der Waals surface area contributed by atoms with E-state index in [1.165, 1.54) is 0 Å². The third kappa shape index (κ3) is 1.62. The second kappa shape index (κ2) is 3.83. The lowest BCUT2D eigenvalue weighted by atomic mass is 10.1. The van der Waals surface area contributed by atoms with Crippen molar-refractivity contribution in [1.29, 1.82) is 0 Å². The van der Waals surface area contributed by atoms with E-state index in [9.17, 15) is 4.39 Å². The number of hydrogen-bond acceptors (Lipinski definition) is 1. The van der Waals surface area contributed by atoms with Gasteiger partial charge in [0.2, 0.25) is 0 Å². The van der Waals surface area contributed by atoms with Crippen molar-refractivity contribution in [2.24, 2.45) is 5.73 Å². The number of fused-ring (bicyclic) bond motifs is 1. The van der Waals surface area contributed by atoms with Crippen LogP contribution in [0.1, 0.15) is 11.3 Å². The van der Waals surface area contributed by atoms with E-state index in [-0.39, 0.29) is 10.8 Å². The van der Waals surface area contributed by atoms with E-state index in [1.54, 1.807) is 6.07 Å². The van der Waals surface area contributed by atoms with Gasteiger partial charge in [-0.2, -0.15) is 0 Å². The highest BCUT2D eigenvalue weighted by molar-refractivity contribution is 6.31. The summed E-state index contributed by atoms with van der Waals surface area (Å²) in [7, 11) is 0. The Morgan fingerprint density at radius 2 is 2.20 bits per heavy atom. The third-order valence-electron chi connectivity index (χ3n) is 2.58. The number of benzene rings is 1. The maximum absolute atomic E-state index is 13.6. The average Bonchev–Trinajstić information content (AvgIpc) is 2.52. The quantitative estimate of drug-likeness (QED) is 0.813. The zero-order valence-electron chi connectivity index (χ0n) is 8.40. The van der Waals surface area contributed by atoms with Crippen LogP contribution in [0.3, 0.4) is 0 Å². The van der Waals surface area contributed by atoms with Crippen LogP contribution < -0.4 is 5.73 Å². The minimum atomic E-state index is -0.388. The molecule has 3 N–H and O–H groups in total. The van der Waals surface area contributed by atoms with E-state index < -0.39 is 0 Å². The largest absolute Gasteiger partial charge is 0.356 e. The maximum atomic E-state index is 13.6. The van der Waals surface area contributed by atoms with Gasteiger partial charge in [-0.15, -0.1) is 0 Å². The standard InChI is InChI=1S/C11H12ClFN2/c1-6-7(4-5-14)8-2-3-9(12)10(13)11(8)15-6/h2-3,15H,4-5,14H2,1H3. The minimum absolute atomic E-state index is 0.142. The van der Waals surface area contributed by atoms with E-state index in [0.717, 1.165) is 23.1 Å². The van der Waals surface area contributed by atoms with Gasteiger partial charge in [-0.25, -0.2) is 4.39 Å². The molecule has 1 aromatic carbocycles. The second-order valence-electron chi connectivity index (χ2n) is 3.55. The van der Waals surface area contributed by atoms with Crippen LogP contribution in [0, 0.1) is 12.7 Å². The van der Waals surface area contributed by atoms with Crippen LogP contribution in [-0.2, 0) is 6.42 Å². The summed E-state index contributed by atoms with van der Waals surface area (Å²) < 4.78 is 13.6. The predicted octanol–water partition coefficient (Wildman–Crippen LogP) is 2.77. The molecule has 2 nitrogen and oxygen atoms in total. The molecule has 0 amide bonds. The lowest BCUT2D eigenvalue weighted by molar-refractivity contribution is 0.637. The molecule has 2 rings (SSSR count). The normalized spacial score (nSPS) is 11.2. The van der Waals surface area contributed by atoms with Crippen molar-refractivity contribution in [2.75, 3.05) is 6.54 Å². The second-order valence-corrected chi connectivity index (χ2v) is 3.96. The van der Waals surface area contributed by atoms with Crippen LogP contribution in [0.5, 0.6) is 0 Å². The van der Waals surface area contributed by atoms with E-state index >= 15 is 0 Å². The molecule has 4 heteroatoms. The van der Waals surface area contributed by atoms with Crippen LogP contribution in [0.25, 0.3) is 10.9 Å². The molecular formula is C11H12ClFN2. The van der Waals surface area contributed by atoms with Crippen LogP contribution >= 0.6 is 11.6 Å². The molecule has 0 aliphatic heterocycles. The van der Waals surface area contributed by atoms with Gasteiger partial charge in [0.15, 0.2) is 5.82 Å². The number of aryl methyl sites for hydroxylation is 1. The fourth-order valence-corrected chi connectivity index (χ4v) is 2.01. The van der Waals surface area contributed by atoms with E-state index in [2.05, 4.69) is 4.98 Å². The van der Waals surface area contributed by atoms with E-state index in [0.29, 0.717) is 12.1 Å². The third-order valence-corrected chi connectivity index (χ3v) is 2.87. The van der Waals surface area contributed by atoms with E-state index in [1.807, 2.05) is 13.0 Å². The molecule has 1 aromatic heterocycles. The molecule has 15 heavy (non-hydrogen) atoms. The SMILES string of the molecule is Cc1[nH]c2c(F)c(Cl)ccc2c1CCN. The van der Waals surface area contributed by atoms with Gasteiger partial charge in [-0.05, 0) is 31.5 Å². The monoisotopic (exact) mass is 226 g/mol. The molecule has 0 saturated heterocycles. The van der Waals surface area contributed by atoms with Crippen molar-refractivity contribution >= 4 is 22.5 Å². The maximum Gasteiger partial charge on any atom is 0.165 e. The highest BCUT2D eigenvalue weighted by atomic mass is 35.5. The van der Waals surface area contributed by atoms with Crippen LogP contribution in [0.4, 0.5) is 4.39 Å². The van der Waals surface area contributed by atoms with Crippen molar-refractivity contribution < 1.29 is 4.39 Å². The number of rotatable bonds is 2. The molecule has 0 aliphatic rings. The van der Waals surface area contributed by atoms with Gasteiger partial charge in [0.25, 0.3) is 0 Å². The Balaban J connectivity index is 2.73. The van der Waals surface area contributed by atoms with Crippen LogP contribution in [-0.4, -0.2) is 11.5 Å². The Kier molecular flexibility index (Phi) is 2.67. The molecule has 2 aromatic rings. The highest BCUT2D eigenvalue weighted by Crippen LogP contribution is 2.28. The van der Waals surface area contributed by atoms with Gasteiger partial charge in [0.05, 0.1) is 10.5 Å². The smallest absolute Gasteiger partial charge is 0.165 e. The lowest BCUT2D eigenvalue weighted by Crippen LogP contribution is -2.03. The van der Waals surface area contributed by atoms with E-state index in [4.69, 9.17) is 17.3 Å².